The van der Waals surface area contributed by atoms with Crippen molar-refractivity contribution >= 4 is 22.1 Å². The van der Waals surface area contributed by atoms with Crippen LogP contribution in [0.5, 0.6) is 0 Å². The van der Waals surface area contributed by atoms with Gasteiger partial charge >= 0.3 is 0 Å². The van der Waals surface area contributed by atoms with E-state index in [4.69, 9.17) is 0 Å². The summed E-state index contributed by atoms with van der Waals surface area (Å²) in [6.07, 6.45) is 8.60. The second-order valence-electron chi connectivity index (χ2n) is 5.44. The maximum absolute atomic E-state index is 4.43. The molecule has 0 saturated heterocycles. The van der Waals surface area contributed by atoms with E-state index in [1.165, 1.54) is 6.33 Å². The molecular weight excluding hydrogens is 302 g/mol. The molecule has 7 heteroatoms. The molecule has 5 aromatic heterocycles. The van der Waals surface area contributed by atoms with Crippen molar-refractivity contribution in [3.63, 3.8) is 0 Å². The smallest absolute Gasteiger partial charge is 0.181 e. The first-order chi connectivity index (χ1) is 11.9. The van der Waals surface area contributed by atoms with Gasteiger partial charge in [0.25, 0.3) is 0 Å². The molecule has 0 unspecified atom stereocenters. The number of H-pyrrole nitrogens is 2. The molecule has 5 aromatic rings. The molecule has 0 bridgehead atoms. The summed E-state index contributed by atoms with van der Waals surface area (Å²) in [6, 6.07) is 7.94. The molecular formula is C17H11N7. The molecule has 0 saturated carbocycles. The molecule has 0 aliphatic carbocycles. The van der Waals surface area contributed by atoms with Crippen molar-refractivity contribution in [2.24, 2.45) is 0 Å². The fourth-order valence-corrected chi connectivity index (χ4v) is 2.80. The van der Waals surface area contributed by atoms with Crippen molar-refractivity contribution in [1.29, 1.82) is 0 Å². The van der Waals surface area contributed by atoms with Gasteiger partial charge in [-0.05, 0) is 24.3 Å². The van der Waals surface area contributed by atoms with E-state index in [1.807, 2.05) is 24.3 Å². The monoisotopic (exact) mass is 313 g/mol. The Morgan fingerprint density at radius 3 is 2.71 bits per heavy atom. The Labute approximate surface area is 135 Å². The molecule has 0 fully saturated rings. The van der Waals surface area contributed by atoms with Crippen LogP contribution in [0.1, 0.15) is 0 Å². The normalized spacial score (nSPS) is 11.3. The Hall–Kier alpha value is -3.61. The summed E-state index contributed by atoms with van der Waals surface area (Å²) in [6.45, 7) is 0. The second-order valence-corrected chi connectivity index (χ2v) is 5.44. The highest BCUT2D eigenvalue weighted by atomic mass is 15.2. The average molecular weight is 313 g/mol. The molecule has 0 spiro atoms. The zero-order chi connectivity index (χ0) is 15.9. The first-order valence-electron chi connectivity index (χ1n) is 7.42. The summed E-state index contributed by atoms with van der Waals surface area (Å²) in [7, 11) is 0. The van der Waals surface area contributed by atoms with Gasteiger partial charge in [-0.25, -0.2) is 15.0 Å². The van der Waals surface area contributed by atoms with Crippen LogP contribution in [0, 0.1) is 0 Å². The first-order valence-corrected chi connectivity index (χ1v) is 7.42. The molecule has 0 aromatic carbocycles. The third kappa shape index (κ3) is 1.95. The van der Waals surface area contributed by atoms with Gasteiger partial charge in [-0.15, -0.1) is 0 Å². The van der Waals surface area contributed by atoms with Crippen molar-refractivity contribution in [2.75, 3.05) is 0 Å². The van der Waals surface area contributed by atoms with Crippen molar-refractivity contribution in [1.82, 2.24) is 35.1 Å². The van der Waals surface area contributed by atoms with Crippen LogP contribution in [-0.4, -0.2) is 35.1 Å². The SMILES string of the molecule is c1cnc2cc(-c3[nH]nc4ncc(-c5cncnc5)cc34)[nH]c2c1. The number of aromatic nitrogens is 7. The largest absolute Gasteiger partial charge is 0.352 e. The summed E-state index contributed by atoms with van der Waals surface area (Å²) < 4.78 is 0. The molecule has 0 aliphatic rings. The van der Waals surface area contributed by atoms with Crippen molar-refractivity contribution in [2.45, 2.75) is 0 Å². The summed E-state index contributed by atoms with van der Waals surface area (Å²) in [5.74, 6) is 0. The molecule has 7 nitrogen and oxygen atoms in total. The number of rotatable bonds is 2. The lowest BCUT2D eigenvalue weighted by molar-refractivity contribution is 1.10. The van der Waals surface area contributed by atoms with Gasteiger partial charge < -0.3 is 4.98 Å². The minimum atomic E-state index is 0.664. The average Bonchev–Trinajstić information content (AvgIpc) is 3.25. The zero-order valence-corrected chi connectivity index (χ0v) is 12.4. The van der Waals surface area contributed by atoms with Crippen LogP contribution in [0.2, 0.25) is 0 Å². The number of nitrogens with one attached hydrogen (secondary N) is 2. The Kier molecular flexibility index (Phi) is 2.66. The molecule has 0 atom stereocenters. The van der Waals surface area contributed by atoms with E-state index in [0.717, 1.165) is 38.9 Å². The lowest BCUT2D eigenvalue weighted by Crippen LogP contribution is -1.85. The van der Waals surface area contributed by atoms with Crippen molar-refractivity contribution in [3.05, 3.63) is 55.4 Å². The maximum Gasteiger partial charge on any atom is 0.181 e. The molecule has 5 rings (SSSR count). The summed E-state index contributed by atoms with van der Waals surface area (Å²) >= 11 is 0. The van der Waals surface area contributed by atoms with E-state index >= 15 is 0 Å². The number of hydrogen-bond acceptors (Lipinski definition) is 5. The highest BCUT2D eigenvalue weighted by Crippen LogP contribution is 2.29. The van der Waals surface area contributed by atoms with E-state index in [2.05, 4.69) is 35.1 Å². The first kappa shape index (κ1) is 12.9. The van der Waals surface area contributed by atoms with Crippen molar-refractivity contribution in [3.8, 4) is 22.5 Å². The third-order valence-corrected chi connectivity index (χ3v) is 3.96. The van der Waals surface area contributed by atoms with Gasteiger partial charge in [0.05, 0.1) is 22.4 Å². The van der Waals surface area contributed by atoms with Crippen LogP contribution < -0.4 is 0 Å². The lowest BCUT2D eigenvalue weighted by atomic mass is 10.1. The summed E-state index contributed by atoms with van der Waals surface area (Å²) in [5, 5.41) is 8.29. The summed E-state index contributed by atoms with van der Waals surface area (Å²) in [5.41, 5.74) is 6.23. The molecule has 0 aliphatic heterocycles. The second kappa shape index (κ2) is 4.95. The summed E-state index contributed by atoms with van der Waals surface area (Å²) in [4.78, 5) is 20.3. The number of hydrogen-bond donors (Lipinski definition) is 2. The Morgan fingerprint density at radius 2 is 1.83 bits per heavy atom. The van der Waals surface area contributed by atoms with E-state index in [1.54, 1.807) is 24.8 Å². The van der Waals surface area contributed by atoms with E-state index in [0.29, 0.717) is 5.65 Å². The van der Waals surface area contributed by atoms with Gasteiger partial charge in [0.15, 0.2) is 5.65 Å². The van der Waals surface area contributed by atoms with Gasteiger partial charge in [-0.2, -0.15) is 5.10 Å². The molecule has 114 valence electrons. The standard InChI is InChI=1S/C17H11N7/c1-2-13-14(20-3-1)5-15(22-13)16-12-4-10(8-21-17(12)24-23-16)11-6-18-9-19-7-11/h1-9,22H,(H,21,23,24). The minimum absolute atomic E-state index is 0.664. The topological polar surface area (TPSA) is 96.0 Å². The van der Waals surface area contributed by atoms with Gasteiger partial charge in [-0.1, -0.05) is 0 Å². The Bertz CT molecular complexity index is 1120. The van der Waals surface area contributed by atoms with Gasteiger partial charge in [0, 0.05) is 41.3 Å². The van der Waals surface area contributed by atoms with E-state index in [-0.39, 0.29) is 0 Å². The molecule has 0 amide bonds. The minimum Gasteiger partial charge on any atom is -0.352 e. The highest BCUT2D eigenvalue weighted by Gasteiger charge is 2.13. The predicted molar refractivity (Wildman–Crippen MR) is 90.0 cm³/mol. The quantitative estimate of drug-likeness (QED) is 0.522. The Morgan fingerprint density at radius 1 is 0.917 bits per heavy atom. The van der Waals surface area contributed by atoms with Crippen molar-refractivity contribution < 1.29 is 0 Å². The highest BCUT2D eigenvalue weighted by molar-refractivity contribution is 5.95. The van der Waals surface area contributed by atoms with Gasteiger partial charge in [0.2, 0.25) is 0 Å². The number of nitrogens with zero attached hydrogens (tertiary/aromatic N) is 5. The fraction of sp³-hybridized carbons (Fsp3) is 0. The van der Waals surface area contributed by atoms with Crippen LogP contribution in [-0.2, 0) is 0 Å². The molecule has 0 radical (unpaired) electrons. The molecule has 24 heavy (non-hydrogen) atoms. The van der Waals surface area contributed by atoms with Gasteiger partial charge in [-0.3, -0.25) is 10.1 Å². The van der Waals surface area contributed by atoms with Crippen LogP contribution in [0.4, 0.5) is 0 Å². The number of aromatic amines is 2. The van der Waals surface area contributed by atoms with Crippen LogP contribution in [0.25, 0.3) is 44.6 Å². The predicted octanol–water partition coefficient (Wildman–Crippen LogP) is 2.96. The molecule has 5 heterocycles. The third-order valence-electron chi connectivity index (χ3n) is 3.96. The van der Waals surface area contributed by atoms with E-state index < -0.39 is 0 Å². The zero-order valence-electron chi connectivity index (χ0n) is 12.4. The van der Waals surface area contributed by atoms with Crippen LogP contribution >= 0.6 is 0 Å². The van der Waals surface area contributed by atoms with Gasteiger partial charge in [0.1, 0.15) is 6.33 Å². The van der Waals surface area contributed by atoms with E-state index in [9.17, 15) is 0 Å². The molecule has 2 N–H and O–H groups in total. The lowest BCUT2D eigenvalue weighted by Gasteiger charge is -2.00. The Balaban J connectivity index is 1.71. The van der Waals surface area contributed by atoms with Crippen LogP contribution in [0.3, 0.4) is 0 Å². The van der Waals surface area contributed by atoms with Crippen LogP contribution in [0.15, 0.2) is 55.4 Å². The maximum atomic E-state index is 4.43. The fourth-order valence-electron chi connectivity index (χ4n) is 2.80. The number of fused-ring (bicyclic) bond motifs is 2. The number of pyridine rings is 2.